The van der Waals surface area contributed by atoms with Crippen LogP contribution in [0, 0.1) is 13.1 Å². The van der Waals surface area contributed by atoms with Gasteiger partial charge in [0.05, 0.1) is 16.9 Å². The number of nitrogens with zero attached hydrogens (tertiary/aromatic N) is 2. The zero-order valence-electron chi connectivity index (χ0n) is 10.7. The first-order chi connectivity index (χ1) is 9.34. The van der Waals surface area contributed by atoms with Gasteiger partial charge in [-0.25, -0.2) is 4.99 Å². The molecule has 1 aromatic heterocycles. The second kappa shape index (κ2) is 5.41. The van der Waals surface area contributed by atoms with Crippen LogP contribution in [0.1, 0.15) is 16.8 Å². The quantitative estimate of drug-likeness (QED) is 0.844. The largest absolute Gasteiger partial charge is 0.260 e. The maximum atomic E-state index is 4.48. The van der Waals surface area contributed by atoms with Gasteiger partial charge >= 0.3 is 0 Å². The topological polar surface area (TPSA) is 25.2 Å². The zero-order valence-corrected chi connectivity index (χ0v) is 11.6. The van der Waals surface area contributed by atoms with E-state index in [2.05, 4.69) is 58.8 Å². The van der Waals surface area contributed by atoms with Gasteiger partial charge in [0.25, 0.3) is 0 Å². The third-order valence-electron chi connectivity index (χ3n) is 3.13. The standard InChI is InChI=1S/C16H15N2S/c1-13-6-5-9-17-15(13)12-19-11-10-18-16(19)14-7-3-2-4-8-14/h2-9,11,19H,12H2,1H3. The van der Waals surface area contributed by atoms with Gasteiger partial charge in [0, 0.05) is 17.5 Å². The first kappa shape index (κ1) is 12.2. The monoisotopic (exact) mass is 267 g/mol. The minimum Gasteiger partial charge on any atom is -0.260 e. The third-order valence-corrected chi connectivity index (χ3v) is 5.10. The summed E-state index contributed by atoms with van der Waals surface area (Å²) in [4.78, 5) is 8.91. The van der Waals surface area contributed by atoms with Gasteiger partial charge in [0.2, 0.25) is 0 Å². The number of thiol groups is 1. The van der Waals surface area contributed by atoms with Crippen molar-refractivity contribution in [2.45, 2.75) is 12.7 Å². The number of hydrogen-bond acceptors (Lipinski definition) is 2. The Labute approximate surface area is 116 Å². The maximum Gasteiger partial charge on any atom is 0.0953 e. The van der Waals surface area contributed by atoms with Crippen molar-refractivity contribution in [1.82, 2.24) is 4.98 Å². The summed E-state index contributed by atoms with van der Waals surface area (Å²) in [6, 6.07) is 14.4. The molecule has 0 saturated heterocycles. The molecule has 19 heavy (non-hydrogen) atoms. The van der Waals surface area contributed by atoms with Gasteiger partial charge in [-0.2, -0.15) is 10.9 Å². The first-order valence-electron chi connectivity index (χ1n) is 6.24. The number of pyridine rings is 1. The predicted molar refractivity (Wildman–Crippen MR) is 82.5 cm³/mol. The van der Waals surface area contributed by atoms with E-state index in [9.17, 15) is 0 Å². The van der Waals surface area contributed by atoms with Gasteiger partial charge in [-0.15, -0.1) is 0 Å². The maximum absolute atomic E-state index is 4.48. The number of benzene rings is 1. The molecule has 3 heteroatoms. The molecule has 1 unspecified atom stereocenters. The van der Waals surface area contributed by atoms with Crippen LogP contribution in [-0.4, -0.2) is 10.0 Å². The van der Waals surface area contributed by atoms with Crippen molar-refractivity contribution < 1.29 is 0 Å². The van der Waals surface area contributed by atoms with Crippen LogP contribution < -0.4 is 0 Å². The fraction of sp³-hybridized carbons (Fsp3) is 0.125. The van der Waals surface area contributed by atoms with Crippen LogP contribution in [0.3, 0.4) is 0 Å². The molecule has 0 fully saturated rings. The van der Waals surface area contributed by atoms with E-state index in [4.69, 9.17) is 0 Å². The lowest BCUT2D eigenvalue weighted by atomic mass is 10.2. The lowest BCUT2D eigenvalue weighted by Crippen LogP contribution is -2.02. The Morgan fingerprint density at radius 1 is 1.11 bits per heavy atom. The molecule has 2 aromatic rings. The minimum absolute atomic E-state index is 0.426. The molecule has 1 aliphatic heterocycles. The van der Waals surface area contributed by atoms with Gasteiger partial charge in [-0.1, -0.05) is 36.4 Å². The number of hydrogen-bond donors (Lipinski definition) is 1. The van der Waals surface area contributed by atoms with Crippen molar-refractivity contribution >= 4 is 15.9 Å². The Hall–Kier alpha value is -1.87. The molecule has 1 atom stereocenters. The number of aryl methyl sites for hydroxylation is 1. The lowest BCUT2D eigenvalue weighted by Gasteiger charge is -2.16. The Bertz CT molecular complexity index is 632. The first-order valence-corrected chi connectivity index (χ1v) is 7.83. The highest BCUT2D eigenvalue weighted by atomic mass is 32.2. The van der Waals surface area contributed by atoms with Crippen LogP contribution in [0.15, 0.2) is 59.1 Å². The summed E-state index contributed by atoms with van der Waals surface area (Å²) in [6.45, 7) is 2.11. The minimum atomic E-state index is -0.426. The van der Waals surface area contributed by atoms with Crippen molar-refractivity contribution in [2.75, 3.05) is 0 Å². The van der Waals surface area contributed by atoms with E-state index >= 15 is 0 Å². The van der Waals surface area contributed by atoms with E-state index in [0.29, 0.717) is 0 Å². The smallest absolute Gasteiger partial charge is 0.0953 e. The second-order valence-corrected chi connectivity index (χ2v) is 6.39. The summed E-state index contributed by atoms with van der Waals surface area (Å²) in [5.74, 6) is 0.947. The summed E-state index contributed by atoms with van der Waals surface area (Å²) in [7, 11) is -0.426. The molecule has 0 aliphatic carbocycles. The van der Waals surface area contributed by atoms with Gasteiger partial charge in [0.15, 0.2) is 0 Å². The molecule has 95 valence electrons. The van der Waals surface area contributed by atoms with E-state index in [1.54, 1.807) is 0 Å². The van der Waals surface area contributed by atoms with E-state index in [-0.39, 0.29) is 0 Å². The van der Waals surface area contributed by atoms with E-state index in [1.807, 2.05) is 18.3 Å². The Balaban J connectivity index is 1.84. The molecule has 1 radical (unpaired) electrons. The van der Waals surface area contributed by atoms with Crippen molar-refractivity contribution in [1.29, 1.82) is 0 Å². The van der Waals surface area contributed by atoms with Gasteiger partial charge in [-0.3, -0.25) is 4.98 Å². The summed E-state index contributed by atoms with van der Waals surface area (Å²) in [6.07, 6.45) is 4.89. The van der Waals surface area contributed by atoms with E-state index in [0.717, 1.165) is 16.5 Å². The molecule has 0 bridgehead atoms. The molecule has 1 aliphatic rings. The highest BCUT2D eigenvalue weighted by Crippen LogP contribution is 2.39. The van der Waals surface area contributed by atoms with Gasteiger partial charge in [-0.05, 0) is 24.0 Å². The lowest BCUT2D eigenvalue weighted by molar-refractivity contribution is 1.13. The summed E-state index contributed by atoms with van der Waals surface area (Å²) >= 11 is 0. The summed E-state index contributed by atoms with van der Waals surface area (Å²) < 4.78 is 0. The average Bonchev–Trinajstić information content (AvgIpc) is 2.91. The molecule has 3 rings (SSSR count). The van der Waals surface area contributed by atoms with Gasteiger partial charge < -0.3 is 0 Å². The summed E-state index contributed by atoms with van der Waals surface area (Å²) in [5.41, 5.74) is 3.61. The Morgan fingerprint density at radius 2 is 1.95 bits per heavy atom. The zero-order chi connectivity index (χ0) is 13.1. The SMILES string of the molecule is Cc1cccnc1C[SH]1C=[C]N=C1c1ccccc1. The number of aliphatic imine (C=N–C) groups is 1. The molecule has 1 aromatic carbocycles. The van der Waals surface area contributed by atoms with Crippen molar-refractivity contribution in [2.24, 2.45) is 4.99 Å². The summed E-state index contributed by atoms with van der Waals surface area (Å²) in [5, 5.41) is 3.26. The predicted octanol–water partition coefficient (Wildman–Crippen LogP) is 3.63. The second-order valence-electron chi connectivity index (χ2n) is 4.45. The molecule has 2 nitrogen and oxygen atoms in total. The number of aromatic nitrogens is 1. The van der Waals surface area contributed by atoms with Crippen molar-refractivity contribution in [3.63, 3.8) is 0 Å². The highest BCUT2D eigenvalue weighted by Gasteiger charge is 2.16. The molecule has 0 spiro atoms. The molecule has 0 amide bonds. The van der Waals surface area contributed by atoms with Crippen LogP contribution in [0.25, 0.3) is 0 Å². The highest BCUT2D eigenvalue weighted by molar-refractivity contribution is 8.32. The normalized spacial score (nSPS) is 19.4. The fourth-order valence-electron chi connectivity index (χ4n) is 2.07. The van der Waals surface area contributed by atoms with Crippen LogP contribution in [0.2, 0.25) is 0 Å². The van der Waals surface area contributed by atoms with Crippen LogP contribution in [0.4, 0.5) is 0 Å². The van der Waals surface area contributed by atoms with Crippen molar-refractivity contribution in [3.05, 3.63) is 77.1 Å². The fourth-order valence-corrected chi connectivity index (χ4v) is 3.95. The molecular weight excluding hydrogens is 252 g/mol. The molecule has 0 N–H and O–H groups in total. The van der Waals surface area contributed by atoms with E-state index < -0.39 is 10.9 Å². The van der Waals surface area contributed by atoms with Gasteiger partial charge in [0.1, 0.15) is 0 Å². The van der Waals surface area contributed by atoms with E-state index in [1.165, 1.54) is 11.1 Å². The third kappa shape index (κ3) is 2.61. The molecular formula is C16H15N2S. The average molecular weight is 267 g/mol. The Morgan fingerprint density at radius 3 is 2.74 bits per heavy atom. The van der Waals surface area contributed by atoms with Crippen LogP contribution >= 0.6 is 10.9 Å². The molecule has 0 saturated carbocycles. The van der Waals surface area contributed by atoms with Crippen LogP contribution in [-0.2, 0) is 5.75 Å². The van der Waals surface area contributed by atoms with Crippen molar-refractivity contribution in [3.8, 4) is 0 Å². The molecule has 2 heterocycles. The number of rotatable bonds is 3. The Kier molecular flexibility index (Phi) is 3.47. The van der Waals surface area contributed by atoms with Crippen LogP contribution in [0.5, 0.6) is 0 Å².